The van der Waals surface area contributed by atoms with Gasteiger partial charge in [-0.05, 0) is 39.6 Å². The molecule has 0 aliphatic carbocycles. The molecule has 0 N–H and O–H groups in total. The van der Waals surface area contributed by atoms with Gasteiger partial charge in [0.15, 0.2) is 12.4 Å². The predicted octanol–water partition coefficient (Wildman–Crippen LogP) is 8.98. The number of azide groups is 1. The van der Waals surface area contributed by atoms with Gasteiger partial charge < -0.3 is 42.6 Å². The van der Waals surface area contributed by atoms with E-state index in [1.165, 1.54) is 18.7 Å². The molecule has 0 aromatic heterocycles. The molecule has 64 heavy (non-hydrogen) atoms. The number of hydrogen-bond donors (Lipinski definition) is 0. The van der Waals surface area contributed by atoms with Crippen LogP contribution in [0.1, 0.15) is 34.7 Å². The van der Waals surface area contributed by atoms with E-state index in [1.807, 2.05) is 158 Å². The summed E-state index contributed by atoms with van der Waals surface area (Å²) in [7, 11) is 0. The van der Waals surface area contributed by atoms with Crippen molar-refractivity contribution in [2.24, 2.45) is 5.11 Å². The van der Waals surface area contributed by atoms with E-state index in [0.717, 1.165) is 27.8 Å². The van der Waals surface area contributed by atoms with Crippen molar-refractivity contribution in [3.05, 3.63) is 190 Å². The normalized spacial score (nSPS) is 25.5. The lowest BCUT2D eigenvalue weighted by atomic mass is 9.95. The average Bonchev–Trinajstić information content (AvgIpc) is 3.33. The topological polar surface area (TPSA) is 149 Å². The summed E-state index contributed by atoms with van der Waals surface area (Å²) in [6.45, 7) is 2.61. The van der Waals surface area contributed by atoms with Crippen molar-refractivity contribution in [2.75, 3.05) is 19.5 Å². The fourth-order valence-corrected chi connectivity index (χ4v) is 8.52. The smallest absolute Gasteiger partial charge is 0.303 e. The van der Waals surface area contributed by atoms with Gasteiger partial charge in [0.25, 0.3) is 0 Å². The van der Waals surface area contributed by atoms with Crippen LogP contribution in [0.4, 0.5) is 0 Å². The van der Waals surface area contributed by atoms with E-state index in [9.17, 15) is 10.3 Å². The summed E-state index contributed by atoms with van der Waals surface area (Å²) in [5.41, 5.74) is 14.4. The van der Waals surface area contributed by atoms with E-state index in [4.69, 9.17) is 42.6 Å². The quantitative estimate of drug-likeness (QED) is 0.0284. The number of ether oxygens (including phenoxy) is 9. The Balaban J connectivity index is 1.25. The molecule has 5 aromatic carbocycles. The minimum Gasteiger partial charge on any atom is -0.457 e. The van der Waals surface area contributed by atoms with Gasteiger partial charge in [-0.2, -0.15) is 0 Å². The number of carbonyl (C=O) groups excluding carboxylic acids is 1. The van der Waals surface area contributed by atoms with Gasteiger partial charge in [-0.25, -0.2) is 0 Å². The van der Waals surface area contributed by atoms with Gasteiger partial charge in [-0.1, -0.05) is 157 Å². The SMILES string of the molecule is CS[C@@H]1O[C@H](COCc2ccccc2)[C@@H](O[C@@H]2O[C@H](COCc3ccccc3)[C@@H](OC(C)=O)[C@H](OCc3ccccc3)[C@@H]2N=[N+]=[N-])[C@H](OCc2ccccc2)[C@H]1OCc1ccccc1. The molecule has 2 heterocycles. The standard InChI is InChI=1S/C50H55N3O10S/c1-35(54)60-44-41(33-55-28-36-18-8-3-9-19-36)61-49(43(52-53-51)46(44)57-30-38-22-12-5-13-23-38)63-45-42(34-56-29-37-20-10-4-11-21-37)62-50(64-2)48(59-32-40-26-16-7-17-27-40)47(45)58-31-39-24-14-6-15-25-39/h3-27,41-50H,28-34H2,1-2H3/t41-,42-,43+,44-,45-,46-,47+,48-,49+,50+/m1/s1. The highest BCUT2D eigenvalue weighted by Gasteiger charge is 2.54. The molecule has 7 rings (SSSR count). The highest BCUT2D eigenvalue weighted by Crippen LogP contribution is 2.38. The first-order valence-electron chi connectivity index (χ1n) is 21.4. The molecule has 2 fully saturated rings. The molecule has 0 bridgehead atoms. The van der Waals surface area contributed by atoms with E-state index in [0.29, 0.717) is 6.61 Å². The fourth-order valence-electron chi connectivity index (χ4n) is 7.77. The Morgan fingerprint density at radius 3 is 1.39 bits per heavy atom. The van der Waals surface area contributed by atoms with Crippen molar-refractivity contribution >= 4 is 17.7 Å². The molecule has 5 aromatic rings. The number of thioether (sulfide) groups is 1. The molecule has 10 atom stereocenters. The van der Waals surface area contributed by atoms with Crippen molar-refractivity contribution in [2.45, 2.75) is 100 Å². The number of rotatable bonds is 22. The third-order valence-electron chi connectivity index (χ3n) is 10.9. The molecule has 0 saturated carbocycles. The monoisotopic (exact) mass is 889 g/mol. The molecule has 0 radical (unpaired) electrons. The zero-order valence-corrected chi connectivity index (χ0v) is 36.8. The van der Waals surface area contributed by atoms with Gasteiger partial charge in [0.05, 0.1) is 46.2 Å². The Bertz CT molecular complexity index is 2160. The van der Waals surface area contributed by atoms with Crippen LogP contribution in [-0.4, -0.2) is 85.9 Å². The maximum Gasteiger partial charge on any atom is 0.303 e. The summed E-state index contributed by atoms with van der Waals surface area (Å²) in [6, 6.07) is 47.7. The maximum absolute atomic E-state index is 12.8. The summed E-state index contributed by atoms with van der Waals surface area (Å²) in [5.74, 6) is -0.568. The molecule has 13 nitrogen and oxygen atoms in total. The number of benzene rings is 5. The molecule has 2 aliphatic heterocycles. The molecular formula is C50H55N3O10S. The van der Waals surface area contributed by atoms with Gasteiger partial charge in [0.1, 0.15) is 48.1 Å². The zero-order valence-electron chi connectivity index (χ0n) is 36.0. The average molecular weight is 890 g/mol. The lowest BCUT2D eigenvalue weighted by molar-refractivity contribution is -0.328. The Morgan fingerprint density at radius 2 is 0.969 bits per heavy atom. The van der Waals surface area contributed by atoms with Gasteiger partial charge in [-0.15, -0.1) is 11.8 Å². The van der Waals surface area contributed by atoms with Crippen LogP contribution in [0.3, 0.4) is 0 Å². The number of nitrogens with zero attached hydrogens (tertiary/aromatic N) is 3. The highest BCUT2D eigenvalue weighted by molar-refractivity contribution is 7.99. The molecule has 0 spiro atoms. The first kappa shape index (κ1) is 46.9. The van der Waals surface area contributed by atoms with Crippen LogP contribution < -0.4 is 0 Å². The predicted molar refractivity (Wildman–Crippen MR) is 241 cm³/mol. The Hall–Kier alpha value is -5.09. The van der Waals surface area contributed by atoms with Crippen LogP contribution in [0.2, 0.25) is 0 Å². The van der Waals surface area contributed by atoms with Crippen LogP contribution in [0, 0.1) is 0 Å². The molecule has 2 aliphatic rings. The van der Waals surface area contributed by atoms with E-state index in [2.05, 4.69) is 10.0 Å². The van der Waals surface area contributed by atoms with E-state index >= 15 is 0 Å². The minimum absolute atomic E-state index is 0.0169. The van der Waals surface area contributed by atoms with Gasteiger partial charge in [0, 0.05) is 11.8 Å². The number of esters is 1. The molecule has 2 saturated heterocycles. The highest BCUT2D eigenvalue weighted by atomic mass is 32.2. The third kappa shape index (κ3) is 13.5. The zero-order chi connectivity index (χ0) is 44.4. The van der Waals surface area contributed by atoms with E-state index in [-0.39, 0.29) is 39.6 Å². The molecule has 0 amide bonds. The van der Waals surface area contributed by atoms with Crippen molar-refractivity contribution < 1.29 is 47.4 Å². The van der Waals surface area contributed by atoms with Crippen LogP contribution in [0.5, 0.6) is 0 Å². The minimum atomic E-state index is -1.28. The van der Waals surface area contributed by atoms with Crippen LogP contribution >= 0.6 is 11.8 Å². The van der Waals surface area contributed by atoms with Crippen LogP contribution in [0.15, 0.2) is 157 Å². The van der Waals surface area contributed by atoms with Crippen molar-refractivity contribution in [1.29, 1.82) is 0 Å². The summed E-state index contributed by atoms with van der Waals surface area (Å²) in [5, 5.41) is 4.24. The second-order valence-corrected chi connectivity index (χ2v) is 16.4. The Labute approximate surface area is 378 Å². The largest absolute Gasteiger partial charge is 0.457 e. The first-order chi connectivity index (χ1) is 31.5. The molecule has 0 unspecified atom stereocenters. The second kappa shape index (κ2) is 24.8. The van der Waals surface area contributed by atoms with Crippen molar-refractivity contribution in [1.82, 2.24) is 0 Å². The summed E-state index contributed by atoms with van der Waals surface area (Å²) >= 11 is 1.50. The maximum atomic E-state index is 12.8. The van der Waals surface area contributed by atoms with Gasteiger partial charge >= 0.3 is 5.97 Å². The van der Waals surface area contributed by atoms with Gasteiger partial charge in [-0.3, -0.25) is 4.79 Å². The van der Waals surface area contributed by atoms with E-state index in [1.54, 1.807) is 0 Å². The summed E-state index contributed by atoms with van der Waals surface area (Å²) in [4.78, 5) is 16.0. The van der Waals surface area contributed by atoms with Crippen LogP contribution in [-0.2, 0) is 80.5 Å². The van der Waals surface area contributed by atoms with E-state index < -0.39 is 66.5 Å². The Morgan fingerprint density at radius 1 is 0.562 bits per heavy atom. The first-order valence-corrected chi connectivity index (χ1v) is 22.7. The molecule has 14 heteroatoms. The second-order valence-electron chi connectivity index (χ2n) is 15.5. The number of carbonyl (C=O) groups is 1. The third-order valence-corrected chi connectivity index (χ3v) is 11.7. The Kier molecular flexibility index (Phi) is 18.2. The number of hydrogen-bond acceptors (Lipinski definition) is 12. The molecule has 336 valence electrons. The summed E-state index contributed by atoms with van der Waals surface area (Å²) in [6.07, 6.45) is -5.38. The van der Waals surface area contributed by atoms with Crippen molar-refractivity contribution in [3.8, 4) is 0 Å². The molecular weight excluding hydrogens is 835 g/mol. The van der Waals surface area contributed by atoms with Crippen molar-refractivity contribution in [3.63, 3.8) is 0 Å². The van der Waals surface area contributed by atoms with Gasteiger partial charge in [0.2, 0.25) is 0 Å². The fraction of sp³-hybridized carbons (Fsp3) is 0.380. The lowest BCUT2D eigenvalue weighted by Gasteiger charge is -2.49. The lowest BCUT2D eigenvalue weighted by Crippen LogP contribution is -2.65. The van der Waals surface area contributed by atoms with Crippen LogP contribution in [0.25, 0.3) is 10.4 Å². The summed E-state index contributed by atoms with van der Waals surface area (Å²) < 4.78 is 59.6.